The van der Waals surface area contributed by atoms with Crippen molar-refractivity contribution in [1.29, 1.82) is 0 Å². The van der Waals surface area contributed by atoms with Crippen molar-refractivity contribution < 1.29 is 0 Å². The van der Waals surface area contributed by atoms with E-state index in [-0.39, 0.29) is 0 Å². The van der Waals surface area contributed by atoms with E-state index in [1.54, 1.807) is 0 Å². The molecule has 90 valence electrons. The van der Waals surface area contributed by atoms with Gasteiger partial charge in [-0.25, -0.2) is 0 Å². The molecule has 0 aromatic rings. The smallest absolute Gasteiger partial charge is 0.0252 e. The fourth-order valence-corrected chi connectivity index (χ4v) is 2.81. The van der Waals surface area contributed by atoms with E-state index in [1.165, 1.54) is 32.2 Å². The second kappa shape index (κ2) is 5.31. The predicted molar refractivity (Wildman–Crippen MR) is 66.9 cm³/mol. The minimum Gasteiger partial charge on any atom is -0.326 e. The van der Waals surface area contributed by atoms with Crippen LogP contribution in [0, 0.1) is 5.41 Å². The number of likely N-dealkylation sites (N-methyl/N-ethyl adjacent to an activating group) is 1. The summed E-state index contributed by atoms with van der Waals surface area (Å²) in [6.07, 6.45) is 4.98. The average Bonchev–Trinajstić information content (AvgIpc) is 2.18. The quantitative estimate of drug-likeness (QED) is 0.776. The van der Waals surface area contributed by atoms with Gasteiger partial charge in [0.25, 0.3) is 0 Å². The zero-order chi connectivity index (χ0) is 11.5. The van der Waals surface area contributed by atoms with Gasteiger partial charge in [-0.15, -0.1) is 0 Å². The molecule has 2 heteroatoms. The third-order valence-corrected chi connectivity index (χ3v) is 3.80. The molecule has 2 N–H and O–H groups in total. The van der Waals surface area contributed by atoms with Gasteiger partial charge in [-0.3, -0.25) is 4.90 Å². The lowest BCUT2D eigenvalue weighted by Gasteiger charge is -2.44. The molecule has 1 aliphatic rings. The van der Waals surface area contributed by atoms with E-state index in [0.29, 0.717) is 17.5 Å². The van der Waals surface area contributed by atoms with Crippen LogP contribution in [0.3, 0.4) is 0 Å². The molecule has 0 bridgehead atoms. The van der Waals surface area contributed by atoms with Crippen molar-refractivity contribution in [3.05, 3.63) is 0 Å². The molecule has 0 heterocycles. The van der Waals surface area contributed by atoms with Gasteiger partial charge in [0, 0.05) is 12.1 Å². The van der Waals surface area contributed by atoms with Crippen molar-refractivity contribution in [3.63, 3.8) is 0 Å². The van der Waals surface area contributed by atoms with Crippen LogP contribution >= 0.6 is 0 Å². The maximum atomic E-state index is 6.27. The molecular weight excluding hydrogens is 184 g/mol. The number of hydrogen-bond acceptors (Lipinski definition) is 2. The van der Waals surface area contributed by atoms with Crippen molar-refractivity contribution in [3.8, 4) is 0 Å². The predicted octanol–water partition coefficient (Wildman–Crippen LogP) is 2.62. The maximum absolute atomic E-state index is 6.27. The van der Waals surface area contributed by atoms with E-state index in [0.717, 1.165) is 6.54 Å². The number of rotatable bonds is 4. The number of nitrogens with zero attached hydrogens (tertiary/aromatic N) is 1. The molecule has 2 nitrogen and oxygen atoms in total. The molecule has 2 atom stereocenters. The van der Waals surface area contributed by atoms with E-state index in [1.807, 2.05) is 0 Å². The Hall–Kier alpha value is -0.0800. The Morgan fingerprint density at radius 1 is 1.33 bits per heavy atom. The summed E-state index contributed by atoms with van der Waals surface area (Å²) in [4.78, 5) is 2.57. The van der Waals surface area contributed by atoms with E-state index >= 15 is 0 Å². The van der Waals surface area contributed by atoms with Gasteiger partial charge in [-0.1, -0.05) is 27.7 Å². The summed E-state index contributed by atoms with van der Waals surface area (Å²) in [5, 5.41) is 0. The van der Waals surface area contributed by atoms with Gasteiger partial charge in [-0.2, -0.15) is 0 Å². The molecule has 0 aromatic carbocycles. The largest absolute Gasteiger partial charge is 0.326 e. The first kappa shape index (κ1) is 13.0. The minimum atomic E-state index is 0.393. The maximum Gasteiger partial charge on any atom is 0.0252 e. The Kier molecular flexibility index (Phi) is 4.60. The van der Waals surface area contributed by atoms with Crippen molar-refractivity contribution in [1.82, 2.24) is 4.90 Å². The van der Waals surface area contributed by atoms with Gasteiger partial charge in [0.15, 0.2) is 0 Å². The highest BCUT2D eigenvalue weighted by Crippen LogP contribution is 2.36. The van der Waals surface area contributed by atoms with Crippen LogP contribution in [0.5, 0.6) is 0 Å². The minimum absolute atomic E-state index is 0.393. The van der Waals surface area contributed by atoms with Gasteiger partial charge < -0.3 is 5.73 Å². The first-order chi connectivity index (χ1) is 7.00. The van der Waals surface area contributed by atoms with Gasteiger partial charge in [0.05, 0.1) is 0 Å². The highest BCUT2D eigenvalue weighted by atomic mass is 15.2. The molecule has 0 aromatic heterocycles. The van der Waals surface area contributed by atoms with E-state index < -0.39 is 0 Å². The fraction of sp³-hybridized carbons (Fsp3) is 1.00. The van der Waals surface area contributed by atoms with Gasteiger partial charge in [0.1, 0.15) is 0 Å². The summed E-state index contributed by atoms with van der Waals surface area (Å²) in [5.74, 6) is 0. The van der Waals surface area contributed by atoms with Crippen molar-refractivity contribution in [2.75, 3.05) is 13.1 Å². The molecule has 1 aliphatic carbocycles. The van der Waals surface area contributed by atoms with Crippen molar-refractivity contribution >= 4 is 0 Å². The fourth-order valence-electron chi connectivity index (χ4n) is 2.81. The van der Waals surface area contributed by atoms with Crippen LogP contribution in [0.25, 0.3) is 0 Å². The molecule has 15 heavy (non-hydrogen) atoms. The normalized spacial score (nSPS) is 30.8. The van der Waals surface area contributed by atoms with Crippen LogP contribution in [-0.4, -0.2) is 30.1 Å². The Morgan fingerprint density at radius 2 is 2.00 bits per heavy atom. The SMILES string of the molecule is CCCN(CC)C1CC(C)(C)CCC1N. The molecule has 0 amide bonds. The van der Waals surface area contributed by atoms with Gasteiger partial charge in [-0.05, 0) is 44.2 Å². The summed E-state index contributed by atoms with van der Waals surface area (Å²) < 4.78 is 0. The second-order valence-electron chi connectivity index (χ2n) is 5.77. The van der Waals surface area contributed by atoms with Crippen LogP contribution in [0.1, 0.15) is 53.4 Å². The lowest BCUT2D eigenvalue weighted by Crippen LogP contribution is -2.53. The molecule has 1 fully saturated rings. The Morgan fingerprint density at radius 3 is 2.53 bits per heavy atom. The third-order valence-electron chi connectivity index (χ3n) is 3.80. The molecule has 0 saturated heterocycles. The number of nitrogens with two attached hydrogens (primary N) is 1. The first-order valence-corrected chi connectivity index (χ1v) is 6.50. The highest BCUT2D eigenvalue weighted by molar-refractivity contribution is 4.92. The third kappa shape index (κ3) is 3.46. The van der Waals surface area contributed by atoms with Crippen molar-refractivity contribution in [2.45, 2.75) is 65.5 Å². The van der Waals surface area contributed by atoms with E-state index in [4.69, 9.17) is 5.73 Å². The summed E-state index contributed by atoms with van der Waals surface area (Å²) in [6.45, 7) is 11.6. The molecule has 0 aliphatic heterocycles. The lowest BCUT2D eigenvalue weighted by molar-refractivity contribution is 0.0815. The summed E-state index contributed by atoms with van der Waals surface area (Å²) in [6, 6.07) is 1.00. The van der Waals surface area contributed by atoms with Crippen LogP contribution in [-0.2, 0) is 0 Å². The summed E-state index contributed by atoms with van der Waals surface area (Å²) in [5.41, 5.74) is 6.75. The van der Waals surface area contributed by atoms with Crippen LogP contribution < -0.4 is 5.73 Å². The van der Waals surface area contributed by atoms with Gasteiger partial charge in [0.2, 0.25) is 0 Å². The topological polar surface area (TPSA) is 29.3 Å². The standard InChI is InChI=1S/C13H28N2/c1-5-9-15(6-2)12-10-13(3,4)8-7-11(12)14/h11-12H,5-10,14H2,1-4H3. The summed E-state index contributed by atoms with van der Waals surface area (Å²) >= 11 is 0. The molecule has 1 rings (SSSR count). The molecular formula is C13H28N2. The van der Waals surface area contributed by atoms with Crippen molar-refractivity contribution in [2.24, 2.45) is 11.1 Å². The molecule has 0 radical (unpaired) electrons. The average molecular weight is 212 g/mol. The molecule has 1 saturated carbocycles. The first-order valence-electron chi connectivity index (χ1n) is 6.50. The molecule has 0 spiro atoms. The van der Waals surface area contributed by atoms with Gasteiger partial charge >= 0.3 is 0 Å². The van der Waals surface area contributed by atoms with E-state index in [9.17, 15) is 0 Å². The monoisotopic (exact) mass is 212 g/mol. The van der Waals surface area contributed by atoms with E-state index in [2.05, 4.69) is 32.6 Å². The Balaban J connectivity index is 2.63. The number of hydrogen-bond donors (Lipinski definition) is 1. The van der Waals surface area contributed by atoms with Crippen LogP contribution in [0.15, 0.2) is 0 Å². The zero-order valence-corrected chi connectivity index (χ0v) is 10.9. The molecule has 2 unspecified atom stereocenters. The van der Waals surface area contributed by atoms with Crippen LogP contribution in [0.2, 0.25) is 0 Å². The zero-order valence-electron chi connectivity index (χ0n) is 10.9. The highest BCUT2D eigenvalue weighted by Gasteiger charge is 2.35. The lowest BCUT2D eigenvalue weighted by atomic mass is 9.72. The Labute approximate surface area is 95.2 Å². The second-order valence-corrected chi connectivity index (χ2v) is 5.77. The summed E-state index contributed by atoms with van der Waals surface area (Å²) in [7, 11) is 0. The van der Waals surface area contributed by atoms with Crippen LogP contribution in [0.4, 0.5) is 0 Å². The Bertz CT molecular complexity index is 189.